The number of nitrogens with two attached hydrogens (primary N) is 1. The van der Waals surface area contributed by atoms with Crippen molar-refractivity contribution in [3.8, 4) is 6.07 Å². The van der Waals surface area contributed by atoms with E-state index in [1.807, 2.05) is 12.1 Å². The summed E-state index contributed by atoms with van der Waals surface area (Å²) >= 11 is 13.4. The number of nitriles is 1. The number of rotatable bonds is 5. The Labute approximate surface area is 116 Å². The van der Waals surface area contributed by atoms with Crippen LogP contribution in [0.15, 0.2) is 23.1 Å². The van der Waals surface area contributed by atoms with Crippen molar-refractivity contribution in [1.29, 1.82) is 5.26 Å². The standard InChI is InChI=1S/C12H14Cl2N2S/c1-12(16,8-15)5-2-6-17-9-3-4-10(13)11(14)7-9/h3-4,7H,2,5-6,16H2,1H3. The minimum absolute atomic E-state index is 0.565. The molecule has 1 rings (SSSR count). The molecule has 17 heavy (non-hydrogen) atoms. The lowest BCUT2D eigenvalue weighted by atomic mass is 10.0. The first kappa shape index (κ1) is 14.7. The molecule has 0 aliphatic rings. The first-order valence-corrected chi connectivity index (χ1v) is 6.97. The van der Waals surface area contributed by atoms with E-state index in [1.165, 1.54) is 0 Å². The van der Waals surface area contributed by atoms with Crippen LogP contribution in [0.3, 0.4) is 0 Å². The van der Waals surface area contributed by atoms with E-state index in [-0.39, 0.29) is 0 Å². The van der Waals surface area contributed by atoms with Crippen LogP contribution in [0.5, 0.6) is 0 Å². The fraction of sp³-hybridized carbons (Fsp3) is 0.417. The maximum Gasteiger partial charge on any atom is 0.101 e. The predicted molar refractivity (Wildman–Crippen MR) is 74.6 cm³/mol. The van der Waals surface area contributed by atoms with Gasteiger partial charge in [-0.2, -0.15) is 5.26 Å². The fourth-order valence-electron chi connectivity index (χ4n) is 1.25. The van der Waals surface area contributed by atoms with Gasteiger partial charge in [0.15, 0.2) is 0 Å². The van der Waals surface area contributed by atoms with Gasteiger partial charge in [-0.3, -0.25) is 0 Å². The van der Waals surface area contributed by atoms with Crippen LogP contribution in [0.25, 0.3) is 0 Å². The van der Waals surface area contributed by atoms with Gasteiger partial charge in [-0.05, 0) is 43.7 Å². The summed E-state index contributed by atoms with van der Waals surface area (Å²) in [5.41, 5.74) is 5.01. The molecule has 0 bridgehead atoms. The summed E-state index contributed by atoms with van der Waals surface area (Å²) < 4.78 is 0. The topological polar surface area (TPSA) is 49.8 Å². The van der Waals surface area contributed by atoms with Gasteiger partial charge in [-0.15, -0.1) is 11.8 Å². The molecule has 0 radical (unpaired) electrons. The third-order valence-corrected chi connectivity index (χ3v) is 4.07. The van der Waals surface area contributed by atoms with Gasteiger partial charge in [0.05, 0.1) is 16.1 Å². The van der Waals surface area contributed by atoms with Gasteiger partial charge in [0.2, 0.25) is 0 Å². The third-order valence-electron chi connectivity index (χ3n) is 2.26. The zero-order chi connectivity index (χ0) is 12.9. The second kappa shape index (κ2) is 6.51. The Balaban J connectivity index is 2.37. The summed E-state index contributed by atoms with van der Waals surface area (Å²) in [6.07, 6.45) is 1.59. The summed E-state index contributed by atoms with van der Waals surface area (Å²) in [7, 11) is 0. The van der Waals surface area contributed by atoms with Crippen molar-refractivity contribution in [2.24, 2.45) is 5.73 Å². The van der Waals surface area contributed by atoms with Gasteiger partial charge in [0.1, 0.15) is 5.54 Å². The van der Waals surface area contributed by atoms with Gasteiger partial charge in [0.25, 0.3) is 0 Å². The Kier molecular flexibility index (Phi) is 5.61. The van der Waals surface area contributed by atoms with Crippen LogP contribution in [0, 0.1) is 11.3 Å². The van der Waals surface area contributed by atoms with Crippen molar-refractivity contribution >= 4 is 35.0 Å². The second-order valence-electron chi connectivity index (χ2n) is 4.06. The Bertz CT molecular complexity index is 427. The molecule has 1 atom stereocenters. The zero-order valence-corrected chi connectivity index (χ0v) is 11.9. The number of halogens is 2. The van der Waals surface area contributed by atoms with Gasteiger partial charge >= 0.3 is 0 Å². The first-order chi connectivity index (χ1) is 7.94. The van der Waals surface area contributed by atoms with Crippen molar-refractivity contribution in [2.45, 2.75) is 30.2 Å². The normalized spacial score (nSPS) is 14.1. The van der Waals surface area contributed by atoms with Crippen LogP contribution in [0.4, 0.5) is 0 Å². The molecular weight excluding hydrogens is 275 g/mol. The van der Waals surface area contributed by atoms with E-state index in [9.17, 15) is 0 Å². The SMILES string of the molecule is CC(N)(C#N)CCCSc1ccc(Cl)c(Cl)c1. The monoisotopic (exact) mass is 288 g/mol. The molecule has 0 aliphatic carbocycles. The van der Waals surface area contributed by atoms with E-state index in [4.69, 9.17) is 34.2 Å². The average molecular weight is 289 g/mol. The van der Waals surface area contributed by atoms with Gasteiger partial charge < -0.3 is 5.73 Å². The van der Waals surface area contributed by atoms with Crippen LogP contribution in [0.1, 0.15) is 19.8 Å². The van der Waals surface area contributed by atoms with E-state index in [2.05, 4.69) is 6.07 Å². The third kappa shape index (κ3) is 5.18. The Morgan fingerprint density at radius 3 is 2.71 bits per heavy atom. The average Bonchev–Trinajstić information content (AvgIpc) is 2.29. The van der Waals surface area contributed by atoms with Crippen molar-refractivity contribution in [3.05, 3.63) is 28.2 Å². The van der Waals surface area contributed by atoms with Crippen LogP contribution in [0.2, 0.25) is 10.0 Å². The van der Waals surface area contributed by atoms with Crippen LogP contribution in [-0.2, 0) is 0 Å². The predicted octanol–water partition coefficient (Wildman–Crippen LogP) is 4.11. The molecule has 0 spiro atoms. The summed E-state index contributed by atoms with van der Waals surface area (Å²) in [6, 6.07) is 7.66. The molecular formula is C12H14Cl2N2S. The molecule has 92 valence electrons. The Hall–Kier alpha value is -0.400. The van der Waals surface area contributed by atoms with Gasteiger partial charge in [-0.25, -0.2) is 0 Å². The molecule has 0 aliphatic heterocycles. The summed E-state index contributed by atoms with van der Waals surface area (Å²) in [5.74, 6) is 0.909. The molecule has 2 N–H and O–H groups in total. The summed E-state index contributed by atoms with van der Waals surface area (Å²) in [4.78, 5) is 1.08. The van der Waals surface area contributed by atoms with Gasteiger partial charge in [0, 0.05) is 4.90 Å². The molecule has 1 unspecified atom stereocenters. The smallest absolute Gasteiger partial charge is 0.101 e. The van der Waals surface area contributed by atoms with Gasteiger partial charge in [-0.1, -0.05) is 23.2 Å². The van der Waals surface area contributed by atoms with E-state index < -0.39 is 5.54 Å². The first-order valence-electron chi connectivity index (χ1n) is 5.22. The van der Waals surface area contributed by atoms with E-state index >= 15 is 0 Å². The number of thioether (sulfide) groups is 1. The van der Waals surface area contributed by atoms with Crippen molar-refractivity contribution in [3.63, 3.8) is 0 Å². The quantitative estimate of drug-likeness (QED) is 0.655. The molecule has 0 aromatic heterocycles. The molecule has 0 fully saturated rings. The largest absolute Gasteiger partial charge is 0.314 e. The van der Waals surface area contributed by atoms with E-state index in [0.717, 1.165) is 17.1 Å². The number of benzene rings is 1. The molecule has 1 aromatic carbocycles. The highest BCUT2D eigenvalue weighted by atomic mass is 35.5. The Morgan fingerprint density at radius 2 is 2.12 bits per heavy atom. The maximum atomic E-state index is 8.76. The lowest BCUT2D eigenvalue weighted by Gasteiger charge is -2.14. The second-order valence-corrected chi connectivity index (χ2v) is 6.04. The molecule has 5 heteroatoms. The van der Waals surface area contributed by atoms with E-state index in [0.29, 0.717) is 16.5 Å². The lowest BCUT2D eigenvalue weighted by molar-refractivity contribution is 0.540. The number of nitrogens with zero attached hydrogens (tertiary/aromatic N) is 1. The lowest BCUT2D eigenvalue weighted by Crippen LogP contribution is -2.33. The molecule has 1 aromatic rings. The molecule has 0 heterocycles. The minimum atomic E-state index is -0.724. The number of hydrogen-bond acceptors (Lipinski definition) is 3. The fourth-order valence-corrected chi connectivity index (χ4v) is 2.50. The zero-order valence-electron chi connectivity index (χ0n) is 9.54. The highest BCUT2D eigenvalue weighted by Crippen LogP contribution is 2.28. The minimum Gasteiger partial charge on any atom is -0.314 e. The van der Waals surface area contributed by atoms with Crippen LogP contribution >= 0.6 is 35.0 Å². The molecule has 0 amide bonds. The van der Waals surface area contributed by atoms with Crippen molar-refractivity contribution < 1.29 is 0 Å². The molecule has 2 nitrogen and oxygen atoms in total. The van der Waals surface area contributed by atoms with Crippen molar-refractivity contribution in [1.82, 2.24) is 0 Å². The summed E-state index contributed by atoms with van der Waals surface area (Å²) in [6.45, 7) is 1.75. The maximum absolute atomic E-state index is 8.76. The number of hydrogen-bond donors (Lipinski definition) is 1. The van der Waals surface area contributed by atoms with Crippen LogP contribution in [-0.4, -0.2) is 11.3 Å². The summed E-state index contributed by atoms with van der Waals surface area (Å²) in [5, 5.41) is 9.90. The van der Waals surface area contributed by atoms with Crippen molar-refractivity contribution in [2.75, 3.05) is 5.75 Å². The van der Waals surface area contributed by atoms with E-state index in [1.54, 1.807) is 24.8 Å². The Morgan fingerprint density at radius 1 is 1.41 bits per heavy atom. The highest BCUT2D eigenvalue weighted by Gasteiger charge is 2.15. The molecule has 0 saturated carbocycles. The van der Waals surface area contributed by atoms with Crippen LogP contribution < -0.4 is 5.73 Å². The highest BCUT2D eigenvalue weighted by molar-refractivity contribution is 7.99. The molecule has 0 saturated heterocycles.